The van der Waals surface area contributed by atoms with E-state index in [1.807, 2.05) is 6.08 Å². The molecule has 1 fully saturated rings. The van der Waals surface area contributed by atoms with E-state index in [1.165, 1.54) is 6.42 Å². The number of methoxy groups -OCH3 is 1. The molecule has 1 unspecified atom stereocenters. The predicted octanol–water partition coefficient (Wildman–Crippen LogP) is 3.43. The van der Waals surface area contributed by atoms with Crippen molar-refractivity contribution < 1.29 is 28.9 Å². The second kappa shape index (κ2) is 10.1. The third kappa shape index (κ3) is 5.82. The summed E-state index contributed by atoms with van der Waals surface area (Å²) in [6.07, 6.45) is 7.40. The van der Waals surface area contributed by atoms with Gasteiger partial charge in [0, 0.05) is 12.0 Å². The molecule has 6 nitrogen and oxygen atoms in total. The molecule has 1 heterocycles. The summed E-state index contributed by atoms with van der Waals surface area (Å²) in [5, 5.41) is 9.73. The van der Waals surface area contributed by atoms with Crippen LogP contribution in [0.4, 0.5) is 0 Å². The number of hydrogen-bond donors (Lipinski definition) is 1. The lowest BCUT2D eigenvalue weighted by Crippen LogP contribution is -2.39. The van der Waals surface area contributed by atoms with Crippen molar-refractivity contribution in [1.29, 1.82) is 0 Å². The number of cyclic esters (lactones) is 1. The normalized spacial score (nSPS) is 20.6. The summed E-state index contributed by atoms with van der Waals surface area (Å²) in [5.41, 5.74) is -0.296. The van der Waals surface area contributed by atoms with Crippen LogP contribution in [0.25, 0.3) is 0 Å². The van der Waals surface area contributed by atoms with Crippen LogP contribution in [0.5, 0.6) is 5.75 Å². The molecule has 1 aliphatic heterocycles. The maximum Gasteiger partial charge on any atom is 0.338 e. The summed E-state index contributed by atoms with van der Waals surface area (Å²) in [5.74, 6) is -0.352. The first kappa shape index (κ1) is 21.0. The highest BCUT2D eigenvalue weighted by molar-refractivity contribution is 5.92. The average molecular weight is 376 g/mol. The van der Waals surface area contributed by atoms with Gasteiger partial charge in [-0.15, -0.1) is 0 Å². The van der Waals surface area contributed by atoms with Crippen LogP contribution >= 0.6 is 0 Å². The Labute approximate surface area is 160 Å². The van der Waals surface area contributed by atoms with E-state index in [0.717, 1.165) is 25.7 Å². The molecule has 6 heteroatoms. The van der Waals surface area contributed by atoms with Gasteiger partial charge < -0.3 is 19.3 Å². The fraction of sp³-hybridized carbons (Fsp3) is 0.524. The second-order valence-corrected chi connectivity index (χ2v) is 6.79. The van der Waals surface area contributed by atoms with Crippen LogP contribution in [-0.4, -0.2) is 43.0 Å². The zero-order valence-electron chi connectivity index (χ0n) is 16.0. The van der Waals surface area contributed by atoms with Crippen LogP contribution in [0.3, 0.4) is 0 Å². The maximum atomic E-state index is 12.2. The number of unbranched alkanes of at least 4 members (excludes halogenated alkanes) is 4. The molecule has 0 aliphatic carbocycles. The molecule has 1 aromatic carbocycles. The summed E-state index contributed by atoms with van der Waals surface area (Å²) >= 11 is 0. The highest BCUT2D eigenvalue weighted by Crippen LogP contribution is 2.32. The van der Waals surface area contributed by atoms with E-state index in [2.05, 4.69) is 6.92 Å². The number of benzene rings is 1. The molecule has 27 heavy (non-hydrogen) atoms. The van der Waals surface area contributed by atoms with Gasteiger partial charge in [0.2, 0.25) is 0 Å². The first-order valence-corrected chi connectivity index (χ1v) is 9.38. The molecule has 148 valence electrons. The zero-order valence-corrected chi connectivity index (χ0v) is 16.0. The Morgan fingerprint density at radius 1 is 1.26 bits per heavy atom. The van der Waals surface area contributed by atoms with E-state index >= 15 is 0 Å². The Bertz CT molecular complexity index is 664. The lowest BCUT2D eigenvalue weighted by molar-refractivity contribution is -0.154. The number of ether oxygens (including phenoxy) is 3. The second-order valence-electron chi connectivity index (χ2n) is 6.79. The van der Waals surface area contributed by atoms with Gasteiger partial charge in [0.25, 0.3) is 0 Å². The molecule has 1 saturated heterocycles. The van der Waals surface area contributed by atoms with E-state index < -0.39 is 24.1 Å². The van der Waals surface area contributed by atoms with Crippen molar-refractivity contribution in [2.45, 2.75) is 51.0 Å². The van der Waals surface area contributed by atoms with Gasteiger partial charge in [-0.25, -0.2) is 9.59 Å². The molecule has 0 aromatic heterocycles. The van der Waals surface area contributed by atoms with Gasteiger partial charge in [0.05, 0.1) is 19.3 Å². The van der Waals surface area contributed by atoms with Crippen molar-refractivity contribution in [1.82, 2.24) is 0 Å². The summed E-state index contributed by atoms with van der Waals surface area (Å²) in [6.45, 7) is 1.56. The molecule has 1 aliphatic rings. The minimum absolute atomic E-state index is 0.187. The van der Waals surface area contributed by atoms with Gasteiger partial charge in [-0.3, -0.25) is 0 Å². The van der Waals surface area contributed by atoms with Crippen LogP contribution in [0, 0.1) is 0 Å². The lowest BCUT2D eigenvalue weighted by atomic mass is 9.98. The van der Waals surface area contributed by atoms with Crippen LogP contribution in [-0.2, 0) is 14.3 Å². The van der Waals surface area contributed by atoms with E-state index in [-0.39, 0.29) is 13.0 Å². The number of carbonyl (C=O) groups excluding carboxylic acids is 2. The SMILES string of the molecule is CCCCCC/C=C1\CC(CO)(COC(=O)c2ccc(OC)cc2)OC1=O. The molecule has 0 bridgehead atoms. The lowest BCUT2D eigenvalue weighted by Gasteiger charge is -2.24. The average Bonchev–Trinajstić information content (AvgIpc) is 3.02. The number of rotatable bonds is 10. The van der Waals surface area contributed by atoms with Crippen molar-refractivity contribution in [2.75, 3.05) is 20.3 Å². The first-order valence-electron chi connectivity index (χ1n) is 9.38. The van der Waals surface area contributed by atoms with E-state index in [4.69, 9.17) is 14.2 Å². The van der Waals surface area contributed by atoms with Crippen molar-refractivity contribution >= 4 is 11.9 Å². The molecular formula is C21H28O6. The van der Waals surface area contributed by atoms with E-state index in [9.17, 15) is 14.7 Å². The Hall–Kier alpha value is -2.34. The molecule has 2 rings (SSSR count). The van der Waals surface area contributed by atoms with Gasteiger partial charge in [0.1, 0.15) is 12.4 Å². The molecule has 0 saturated carbocycles. The third-order valence-electron chi connectivity index (χ3n) is 4.61. The van der Waals surface area contributed by atoms with Gasteiger partial charge in [-0.2, -0.15) is 0 Å². The Balaban J connectivity index is 1.91. The van der Waals surface area contributed by atoms with Crippen LogP contribution in [0.1, 0.15) is 55.8 Å². The van der Waals surface area contributed by atoms with Crippen LogP contribution < -0.4 is 4.74 Å². The minimum atomic E-state index is -1.20. The van der Waals surface area contributed by atoms with Gasteiger partial charge in [-0.1, -0.05) is 32.3 Å². The van der Waals surface area contributed by atoms with Gasteiger partial charge in [0.15, 0.2) is 5.60 Å². The fourth-order valence-corrected chi connectivity index (χ4v) is 2.94. The molecule has 0 amide bonds. The van der Waals surface area contributed by atoms with Crippen LogP contribution in [0.15, 0.2) is 35.9 Å². The zero-order chi connectivity index (χ0) is 19.7. The summed E-state index contributed by atoms with van der Waals surface area (Å²) in [7, 11) is 1.54. The highest BCUT2D eigenvalue weighted by Gasteiger charge is 2.44. The number of aliphatic hydroxyl groups excluding tert-OH is 1. The van der Waals surface area contributed by atoms with Crippen molar-refractivity contribution in [3.8, 4) is 5.75 Å². The summed E-state index contributed by atoms with van der Waals surface area (Å²) in [4.78, 5) is 24.3. The predicted molar refractivity (Wildman–Crippen MR) is 101 cm³/mol. The number of aliphatic hydroxyl groups is 1. The molecular weight excluding hydrogens is 348 g/mol. The quantitative estimate of drug-likeness (QED) is 0.383. The van der Waals surface area contributed by atoms with Crippen molar-refractivity contribution in [3.05, 3.63) is 41.5 Å². The van der Waals surface area contributed by atoms with Gasteiger partial charge >= 0.3 is 11.9 Å². The Kier molecular flexibility index (Phi) is 7.85. The monoisotopic (exact) mass is 376 g/mol. The molecule has 0 radical (unpaired) electrons. The molecule has 0 spiro atoms. The largest absolute Gasteiger partial charge is 0.497 e. The van der Waals surface area contributed by atoms with Crippen molar-refractivity contribution in [3.63, 3.8) is 0 Å². The van der Waals surface area contributed by atoms with Gasteiger partial charge in [-0.05, 0) is 37.1 Å². The summed E-state index contributed by atoms with van der Waals surface area (Å²) in [6, 6.07) is 6.50. The standard InChI is InChI=1S/C21H28O6/c1-3-4-5-6-7-8-17-13-21(14-22,27-20(17)24)15-26-19(23)16-9-11-18(25-2)12-10-16/h8-12,22H,3-7,13-15H2,1-2H3/b17-8+. The Morgan fingerprint density at radius 2 is 2.00 bits per heavy atom. The smallest absolute Gasteiger partial charge is 0.338 e. The topological polar surface area (TPSA) is 82.1 Å². The maximum absolute atomic E-state index is 12.2. The number of carbonyl (C=O) groups is 2. The number of esters is 2. The van der Waals surface area contributed by atoms with Crippen molar-refractivity contribution in [2.24, 2.45) is 0 Å². The Morgan fingerprint density at radius 3 is 2.63 bits per heavy atom. The molecule has 1 aromatic rings. The van der Waals surface area contributed by atoms with E-state index in [0.29, 0.717) is 16.9 Å². The summed E-state index contributed by atoms with van der Waals surface area (Å²) < 4.78 is 15.7. The number of hydrogen-bond acceptors (Lipinski definition) is 6. The highest BCUT2D eigenvalue weighted by atomic mass is 16.6. The molecule has 1 N–H and O–H groups in total. The van der Waals surface area contributed by atoms with Crippen LogP contribution in [0.2, 0.25) is 0 Å². The third-order valence-corrected chi connectivity index (χ3v) is 4.61. The number of allylic oxidation sites excluding steroid dienone is 1. The van der Waals surface area contributed by atoms with E-state index in [1.54, 1.807) is 31.4 Å². The fourth-order valence-electron chi connectivity index (χ4n) is 2.94. The minimum Gasteiger partial charge on any atom is -0.497 e. The molecule has 1 atom stereocenters. The first-order chi connectivity index (χ1) is 13.0.